The van der Waals surface area contributed by atoms with E-state index >= 15 is 0 Å². The van der Waals surface area contributed by atoms with Crippen LogP contribution in [0, 0.1) is 5.92 Å². The lowest BCUT2D eigenvalue weighted by atomic mass is 9.86. The average molecular weight is 290 g/mol. The number of hydrogen-bond donors (Lipinski definition) is 2. The molecule has 1 fully saturated rings. The van der Waals surface area contributed by atoms with Gasteiger partial charge in [-0.2, -0.15) is 0 Å². The molecule has 3 N–H and O–H groups in total. The van der Waals surface area contributed by atoms with Crippen LogP contribution in [-0.2, 0) is 5.60 Å². The minimum Gasteiger partial charge on any atom is -0.384 e. The van der Waals surface area contributed by atoms with Crippen LogP contribution in [0.3, 0.4) is 0 Å². The second-order valence-electron chi connectivity index (χ2n) is 6.75. The fourth-order valence-electron chi connectivity index (χ4n) is 3.34. The topological polar surface area (TPSA) is 49.5 Å². The van der Waals surface area contributed by atoms with Gasteiger partial charge in [0.05, 0.1) is 0 Å². The molecule has 1 saturated carbocycles. The predicted molar refractivity (Wildman–Crippen MR) is 88.1 cm³/mol. The highest BCUT2D eigenvalue weighted by atomic mass is 16.3. The van der Waals surface area contributed by atoms with Gasteiger partial charge in [-0.3, -0.25) is 0 Å². The summed E-state index contributed by atoms with van der Waals surface area (Å²) < 4.78 is 0. The Labute approximate surface area is 129 Å². The quantitative estimate of drug-likeness (QED) is 0.847. The molecule has 1 aromatic rings. The molecule has 118 valence electrons. The Balaban J connectivity index is 1.91. The average Bonchev–Trinajstić information content (AvgIpc) is 2.54. The molecule has 0 heterocycles. The summed E-state index contributed by atoms with van der Waals surface area (Å²) in [5.74, 6) is 0.875. The lowest BCUT2D eigenvalue weighted by Gasteiger charge is -2.36. The molecule has 0 radical (unpaired) electrons. The molecule has 21 heavy (non-hydrogen) atoms. The van der Waals surface area contributed by atoms with Crippen LogP contribution in [0.2, 0.25) is 0 Å². The van der Waals surface area contributed by atoms with Gasteiger partial charge in [0, 0.05) is 19.1 Å². The molecule has 1 aliphatic rings. The largest absolute Gasteiger partial charge is 0.384 e. The highest BCUT2D eigenvalue weighted by Crippen LogP contribution is 2.28. The number of nitrogens with two attached hydrogens (primary N) is 1. The van der Waals surface area contributed by atoms with Crippen LogP contribution in [0.25, 0.3) is 0 Å². The third-order valence-electron chi connectivity index (χ3n) is 5.14. The van der Waals surface area contributed by atoms with Crippen LogP contribution in [0.15, 0.2) is 30.3 Å². The van der Waals surface area contributed by atoms with Gasteiger partial charge in [0.2, 0.25) is 0 Å². The van der Waals surface area contributed by atoms with Crippen LogP contribution in [0.4, 0.5) is 0 Å². The Morgan fingerprint density at radius 2 is 1.81 bits per heavy atom. The molecule has 1 aliphatic carbocycles. The van der Waals surface area contributed by atoms with Crippen LogP contribution in [0.1, 0.15) is 44.6 Å². The first kappa shape index (κ1) is 16.5. The maximum atomic E-state index is 10.8. The first-order valence-electron chi connectivity index (χ1n) is 8.23. The Morgan fingerprint density at radius 3 is 2.38 bits per heavy atom. The van der Waals surface area contributed by atoms with Gasteiger partial charge in [0.25, 0.3) is 0 Å². The number of rotatable bonds is 6. The number of aliphatic hydroxyl groups is 1. The van der Waals surface area contributed by atoms with Crippen molar-refractivity contribution in [1.29, 1.82) is 0 Å². The van der Waals surface area contributed by atoms with Crippen molar-refractivity contribution in [1.82, 2.24) is 4.90 Å². The molecule has 1 unspecified atom stereocenters. The molecular formula is C18H30N2O. The summed E-state index contributed by atoms with van der Waals surface area (Å²) in [5.41, 5.74) is 5.88. The Hall–Kier alpha value is -0.900. The van der Waals surface area contributed by atoms with Crippen molar-refractivity contribution >= 4 is 0 Å². The van der Waals surface area contributed by atoms with E-state index in [4.69, 9.17) is 5.73 Å². The molecule has 1 atom stereocenters. The van der Waals surface area contributed by atoms with E-state index in [9.17, 15) is 5.11 Å². The summed E-state index contributed by atoms with van der Waals surface area (Å²) in [7, 11) is 2.18. The fourth-order valence-corrected chi connectivity index (χ4v) is 3.34. The Kier molecular flexibility index (Phi) is 5.80. The van der Waals surface area contributed by atoms with Crippen molar-refractivity contribution in [3.05, 3.63) is 35.9 Å². The van der Waals surface area contributed by atoms with Gasteiger partial charge in [0.15, 0.2) is 0 Å². The summed E-state index contributed by atoms with van der Waals surface area (Å²) in [6.07, 6.45) is 5.91. The van der Waals surface area contributed by atoms with Crippen LogP contribution in [0.5, 0.6) is 0 Å². The lowest BCUT2D eigenvalue weighted by Crippen LogP contribution is -2.41. The molecule has 1 aromatic carbocycles. The first-order chi connectivity index (χ1) is 10.0. The zero-order chi connectivity index (χ0) is 15.3. The van der Waals surface area contributed by atoms with Gasteiger partial charge < -0.3 is 15.7 Å². The number of nitrogens with zero attached hydrogens (tertiary/aromatic N) is 1. The minimum absolute atomic E-state index is 0.270. The zero-order valence-corrected chi connectivity index (χ0v) is 13.5. The van der Waals surface area contributed by atoms with Crippen molar-refractivity contribution in [3.63, 3.8) is 0 Å². The van der Waals surface area contributed by atoms with E-state index in [0.29, 0.717) is 12.5 Å². The summed E-state index contributed by atoms with van der Waals surface area (Å²) in [4.78, 5) is 2.41. The molecule has 0 bridgehead atoms. The van der Waals surface area contributed by atoms with Crippen LogP contribution >= 0.6 is 0 Å². The third-order valence-corrected chi connectivity index (χ3v) is 5.14. The molecule has 2 rings (SSSR count). The van der Waals surface area contributed by atoms with Gasteiger partial charge in [-0.25, -0.2) is 0 Å². The summed E-state index contributed by atoms with van der Waals surface area (Å²) in [6, 6.07) is 10.5. The van der Waals surface area contributed by atoms with E-state index in [2.05, 4.69) is 18.9 Å². The highest BCUT2D eigenvalue weighted by molar-refractivity contribution is 5.22. The van der Waals surface area contributed by atoms with Crippen molar-refractivity contribution in [2.45, 2.75) is 50.7 Å². The summed E-state index contributed by atoms with van der Waals surface area (Å²) in [5, 5.41) is 10.8. The standard InChI is InChI=1S/C18H30N2O/c1-15-8-10-17(11-9-15)20(2)13-12-18(21,14-19)16-6-4-3-5-7-16/h3-7,15,17,21H,8-14,19H2,1-2H3. The van der Waals surface area contributed by atoms with Crippen molar-refractivity contribution in [2.24, 2.45) is 11.7 Å². The van der Waals surface area contributed by atoms with E-state index in [1.807, 2.05) is 30.3 Å². The van der Waals surface area contributed by atoms with E-state index in [1.54, 1.807) is 0 Å². The molecule has 0 aliphatic heterocycles. The Bertz CT molecular complexity index is 414. The smallest absolute Gasteiger partial charge is 0.103 e. The summed E-state index contributed by atoms with van der Waals surface area (Å²) >= 11 is 0. The SMILES string of the molecule is CC1CCC(N(C)CCC(O)(CN)c2ccccc2)CC1. The normalized spacial score (nSPS) is 25.8. The van der Waals surface area contributed by atoms with E-state index < -0.39 is 5.60 Å². The maximum Gasteiger partial charge on any atom is 0.103 e. The first-order valence-corrected chi connectivity index (χ1v) is 8.23. The van der Waals surface area contributed by atoms with Gasteiger partial charge in [-0.15, -0.1) is 0 Å². The molecular weight excluding hydrogens is 260 g/mol. The van der Waals surface area contributed by atoms with E-state index in [1.165, 1.54) is 25.7 Å². The molecule has 3 nitrogen and oxygen atoms in total. The number of hydrogen-bond acceptors (Lipinski definition) is 3. The minimum atomic E-state index is -0.905. The molecule has 0 spiro atoms. The van der Waals surface area contributed by atoms with Crippen molar-refractivity contribution in [2.75, 3.05) is 20.1 Å². The van der Waals surface area contributed by atoms with Crippen LogP contribution < -0.4 is 5.73 Å². The number of benzene rings is 1. The lowest BCUT2D eigenvalue weighted by molar-refractivity contribution is 0.0214. The highest BCUT2D eigenvalue weighted by Gasteiger charge is 2.29. The van der Waals surface area contributed by atoms with Crippen LogP contribution in [-0.4, -0.2) is 36.2 Å². The summed E-state index contributed by atoms with van der Waals surface area (Å²) in [6.45, 7) is 3.51. The van der Waals surface area contributed by atoms with Gasteiger partial charge in [0.1, 0.15) is 5.60 Å². The van der Waals surface area contributed by atoms with E-state index in [0.717, 1.165) is 18.0 Å². The van der Waals surface area contributed by atoms with Crippen molar-refractivity contribution in [3.8, 4) is 0 Å². The maximum absolute atomic E-state index is 10.8. The van der Waals surface area contributed by atoms with Gasteiger partial charge in [-0.05, 0) is 50.6 Å². The molecule has 0 saturated heterocycles. The zero-order valence-electron chi connectivity index (χ0n) is 13.5. The fraction of sp³-hybridized carbons (Fsp3) is 0.667. The second-order valence-corrected chi connectivity index (χ2v) is 6.75. The predicted octanol–water partition coefficient (Wildman–Crippen LogP) is 2.73. The second kappa shape index (κ2) is 7.39. The van der Waals surface area contributed by atoms with Crippen molar-refractivity contribution < 1.29 is 5.11 Å². The molecule has 0 amide bonds. The third kappa shape index (κ3) is 4.29. The van der Waals surface area contributed by atoms with E-state index in [-0.39, 0.29) is 6.54 Å². The Morgan fingerprint density at radius 1 is 1.19 bits per heavy atom. The molecule has 3 heteroatoms. The van der Waals surface area contributed by atoms with Gasteiger partial charge >= 0.3 is 0 Å². The van der Waals surface area contributed by atoms with Gasteiger partial charge in [-0.1, -0.05) is 37.3 Å². The monoisotopic (exact) mass is 290 g/mol. The molecule has 0 aromatic heterocycles.